The first kappa shape index (κ1) is 16.5. The van der Waals surface area contributed by atoms with Crippen LogP contribution >= 0.6 is 12.4 Å². The van der Waals surface area contributed by atoms with Crippen molar-refractivity contribution in [2.75, 3.05) is 7.11 Å². The van der Waals surface area contributed by atoms with E-state index in [1.165, 1.54) is 14.0 Å². The summed E-state index contributed by atoms with van der Waals surface area (Å²) in [5.41, 5.74) is -0.570. The number of esters is 1. The maximum Gasteiger partial charge on any atom is 0.408 e. The third-order valence-electron chi connectivity index (χ3n) is 1.29. The molecule has 6 heteroatoms. The molecule has 0 saturated carbocycles. The van der Waals surface area contributed by atoms with E-state index in [-0.39, 0.29) is 12.4 Å². The van der Waals surface area contributed by atoms with Crippen LogP contribution in [0.3, 0.4) is 0 Å². The highest BCUT2D eigenvalue weighted by molar-refractivity contribution is 5.85. The predicted molar refractivity (Wildman–Crippen MR) is 58.1 cm³/mol. The van der Waals surface area contributed by atoms with Gasteiger partial charge in [0, 0.05) is 0 Å². The molecule has 0 spiro atoms. The zero-order chi connectivity index (χ0) is 11.4. The second kappa shape index (κ2) is 6.50. The molecule has 0 aliphatic heterocycles. The average molecular weight is 240 g/mol. The van der Waals surface area contributed by atoms with Crippen molar-refractivity contribution in [2.45, 2.75) is 39.3 Å². The van der Waals surface area contributed by atoms with Crippen molar-refractivity contribution >= 4 is 24.5 Å². The van der Waals surface area contributed by atoms with Gasteiger partial charge in [0.2, 0.25) is 0 Å². The van der Waals surface area contributed by atoms with Gasteiger partial charge in [-0.1, -0.05) is 0 Å². The largest absolute Gasteiger partial charge is 0.467 e. The molecule has 0 aliphatic carbocycles. The maximum atomic E-state index is 11.1. The smallest absolute Gasteiger partial charge is 0.408 e. The third kappa shape index (κ3) is 8.05. The van der Waals surface area contributed by atoms with E-state index in [0.29, 0.717) is 0 Å². The molecule has 1 N–H and O–H groups in total. The monoisotopic (exact) mass is 239 g/mol. The van der Waals surface area contributed by atoms with Crippen molar-refractivity contribution < 1.29 is 19.1 Å². The molecule has 15 heavy (non-hydrogen) atoms. The van der Waals surface area contributed by atoms with Gasteiger partial charge in [0.25, 0.3) is 0 Å². The van der Waals surface area contributed by atoms with Gasteiger partial charge in [-0.25, -0.2) is 9.59 Å². The van der Waals surface area contributed by atoms with Gasteiger partial charge >= 0.3 is 12.1 Å². The van der Waals surface area contributed by atoms with Crippen LogP contribution in [0.25, 0.3) is 0 Å². The van der Waals surface area contributed by atoms with Gasteiger partial charge in [-0.15, -0.1) is 12.4 Å². The minimum absolute atomic E-state index is 0. The van der Waals surface area contributed by atoms with Gasteiger partial charge in [0.1, 0.15) is 11.6 Å². The molecule has 90 valence electrons. The first-order chi connectivity index (χ1) is 6.26. The maximum absolute atomic E-state index is 11.1. The second-order valence-corrected chi connectivity index (χ2v) is 3.89. The van der Waals surface area contributed by atoms with Gasteiger partial charge < -0.3 is 14.8 Å². The Labute approximate surface area is 95.9 Å². The van der Waals surface area contributed by atoms with E-state index in [0.717, 1.165) is 0 Å². The number of halogens is 1. The predicted octanol–water partition coefficient (Wildman–Crippen LogP) is 1.49. The normalized spacial score (nSPS) is 12.1. The van der Waals surface area contributed by atoms with Gasteiger partial charge in [-0.3, -0.25) is 0 Å². The molecule has 5 nitrogen and oxygen atoms in total. The molecule has 0 saturated heterocycles. The van der Waals surface area contributed by atoms with Crippen LogP contribution in [0.5, 0.6) is 0 Å². The number of ether oxygens (including phenoxy) is 2. The summed E-state index contributed by atoms with van der Waals surface area (Å²) in [5, 5.41) is 2.35. The van der Waals surface area contributed by atoms with E-state index in [2.05, 4.69) is 10.1 Å². The van der Waals surface area contributed by atoms with Crippen LogP contribution < -0.4 is 5.32 Å². The summed E-state index contributed by atoms with van der Waals surface area (Å²) in [5.74, 6) is -0.504. The summed E-state index contributed by atoms with van der Waals surface area (Å²) in [6.07, 6.45) is -0.629. The fourth-order valence-corrected chi connectivity index (χ4v) is 0.720. The van der Waals surface area contributed by atoms with Crippen LogP contribution in [0.15, 0.2) is 0 Å². The first-order valence-electron chi connectivity index (χ1n) is 4.33. The highest BCUT2D eigenvalue weighted by Crippen LogP contribution is 2.06. The lowest BCUT2D eigenvalue weighted by molar-refractivity contribution is -0.142. The SMILES string of the molecule is COC(=O)[C@H](C)NC(=O)OC(C)(C)C.Cl. The molecule has 0 aromatic carbocycles. The lowest BCUT2D eigenvalue weighted by Crippen LogP contribution is -2.42. The quantitative estimate of drug-likeness (QED) is 0.742. The molecule has 0 aliphatic rings. The summed E-state index contributed by atoms with van der Waals surface area (Å²) in [7, 11) is 1.26. The molecule has 0 aromatic heterocycles. The number of amides is 1. The van der Waals surface area contributed by atoms with Gasteiger partial charge in [-0.05, 0) is 27.7 Å². The first-order valence-corrected chi connectivity index (χ1v) is 4.33. The number of hydrogen-bond acceptors (Lipinski definition) is 4. The molecule has 0 radical (unpaired) electrons. The minimum atomic E-state index is -0.699. The Kier molecular flexibility index (Phi) is 7.13. The lowest BCUT2D eigenvalue weighted by Gasteiger charge is -2.21. The van der Waals surface area contributed by atoms with Crippen LogP contribution in [-0.4, -0.2) is 30.8 Å². The molecule has 0 heterocycles. The van der Waals surface area contributed by atoms with Crippen LogP contribution in [0, 0.1) is 0 Å². The fraction of sp³-hybridized carbons (Fsp3) is 0.778. The Morgan fingerprint density at radius 1 is 1.27 bits per heavy atom. The highest BCUT2D eigenvalue weighted by Gasteiger charge is 2.20. The van der Waals surface area contributed by atoms with Crippen molar-refractivity contribution in [3.8, 4) is 0 Å². The number of carbonyl (C=O) groups excluding carboxylic acids is 2. The molecule has 0 aromatic rings. The molecular weight excluding hydrogens is 222 g/mol. The zero-order valence-corrected chi connectivity index (χ0v) is 10.4. The number of rotatable bonds is 2. The summed E-state index contributed by atoms with van der Waals surface area (Å²) in [6.45, 7) is 6.76. The zero-order valence-electron chi connectivity index (χ0n) is 9.62. The molecule has 1 atom stereocenters. The van der Waals surface area contributed by atoms with Crippen LogP contribution in [0.2, 0.25) is 0 Å². The Hall–Kier alpha value is -0.970. The molecular formula is C9H18ClNO4. The third-order valence-corrected chi connectivity index (χ3v) is 1.29. The van der Waals surface area contributed by atoms with Gasteiger partial charge in [-0.2, -0.15) is 0 Å². The van der Waals surface area contributed by atoms with Crippen LogP contribution in [0.4, 0.5) is 4.79 Å². The van der Waals surface area contributed by atoms with Crippen molar-refractivity contribution in [1.82, 2.24) is 5.32 Å². The number of methoxy groups -OCH3 is 1. The Morgan fingerprint density at radius 2 is 1.73 bits per heavy atom. The second-order valence-electron chi connectivity index (χ2n) is 3.89. The standard InChI is InChI=1S/C9H17NO4.ClH/c1-6(7(11)13-5)10-8(12)14-9(2,3)4;/h6H,1-5H3,(H,10,12);1H/t6-;/m0./s1. The van der Waals surface area contributed by atoms with E-state index < -0.39 is 23.7 Å². The van der Waals surface area contributed by atoms with Crippen molar-refractivity contribution in [3.05, 3.63) is 0 Å². The average Bonchev–Trinajstić information content (AvgIpc) is 1.99. The Bertz CT molecular complexity index is 225. The van der Waals surface area contributed by atoms with E-state index in [1.54, 1.807) is 20.8 Å². The molecule has 0 fully saturated rings. The van der Waals surface area contributed by atoms with Crippen molar-refractivity contribution in [2.24, 2.45) is 0 Å². The van der Waals surface area contributed by atoms with Crippen molar-refractivity contribution in [3.63, 3.8) is 0 Å². The van der Waals surface area contributed by atoms with Crippen LogP contribution in [-0.2, 0) is 14.3 Å². The van der Waals surface area contributed by atoms with Crippen molar-refractivity contribution in [1.29, 1.82) is 0 Å². The number of hydrogen-bond donors (Lipinski definition) is 1. The Morgan fingerprint density at radius 3 is 2.07 bits per heavy atom. The summed E-state index contributed by atoms with van der Waals surface area (Å²) < 4.78 is 9.38. The number of nitrogens with one attached hydrogen (secondary N) is 1. The van der Waals surface area contributed by atoms with E-state index >= 15 is 0 Å². The van der Waals surface area contributed by atoms with E-state index in [9.17, 15) is 9.59 Å². The van der Waals surface area contributed by atoms with E-state index in [1.807, 2.05) is 0 Å². The number of carbonyl (C=O) groups is 2. The highest BCUT2D eigenvalue weighted by atomic mass is 35.5. The lowest BCUT2D eigenvalue weighted by atomic mass is 10.2. The van der Waals surface area contributed by atoms with Gasteiger partial charge in [0.05, 0.1) is 7.11 Å². The van der Waals surface area contributed by atoms with Crippen LogP contribution in [0.1, 0.15) is 27.7 Å². The fourth-order valence-electron chi connectivity index (χ4n) is 0.720. The molecule has 0 unspecified atom stereocenters. The van der Waals surface area contributed by atoms with Gasteiger partial charge in [0.15, 0.2) is 0 Å². The summed E-state index contributed by atoms with van der Waals surface area (Å²) in [6, 6.07) is -0.699. The molecule has 0 rings (SSSR count). The number of alkyl carbamates (subject to hydrolysis) is 1. The summed E-state index contributed by atoms with van der Waals surface area (Å²) in [4.78, 5) is 22.1. The Balaban J connectivity index is 0. The topological polar surface area (TPSA) is 64.6 Å². The minimum Gasteiger partial charge on any atom is -0.467 e. The summed E-state index contributed by atoms with van der Waals surface area (Å²) >= 11 is 0. The molecule has 0 bridgehead atoms. The molecule has 1 amide bonds. The van der Waals surface area contributed by atoms with E-state index in [4.69, 9.17) is 4.74 Å².